The lowest BCUT2D eigenvalue weighted by Crippen LogP contribution is -2.65. The predicted molar refractivity (Wildman–Crippen MR) is 127 cm³/mol. The Labute approximate surface area is 193 Å². The summed E-state index contributed by atoms with van der Waals surface area (Å²) >= 11 is 0. The van der Waals surface area contributed by atoms with Crippen LogP contribution in [0, 0.1) is 13.8 Å². The van der Waals surface area contributed by atoms with E-state index in [0.29, 0.717) is 24.2 Å². The molecule has 2 aliphatic rings. The van der Waals surface area contributed by atoms with E-state index >= 15 is 0 Å². The van der Waals surface area contributed by atoms with Crippen molar-refractivity contribution in [1.82, 2.24) is 10.6 Å². The van der Waals surface area contributed by atoms with Crippen molar-refractivity contribution in [3.8, 4) is 5.75 Å². The minimum Gasteiger partial charge on any atom is -0.467 e. The van der Waals surface area contributed by atoms with Gasteiger partial charge < -0.3 is 15.4 Å². The first-order valence-electron chi connectivity index (χ1n) is 11.2. The smallest absolute Gasteiger partial charge is 0.325 e. The fourth-order valence-corrected chi connectivity index (χ4v) is 4.66. The molecule has 6 nitrogen and oxygen atoms in total. The number of benzene rings is 3. The highest BCUT2D eigenvalue weighted by Crippen LogP contribution is 2.45. The van der Waals surface area contributed by atoms with Crippen LogP contribution in [0.25, 0.3) is 0 Å². The van der Waals surface area contributed by atoms with E-state index in [1.165, 1.54) is 5.56 Å². The number of carbonyl (C=O) groups is 2. The number of ether oxygens (including phenoxy) is 1. The third-order valence-electron chi connectivity index (χ3n) is 6.37. The number of anilines is 1. The highest BCUT2D eigenvalue weighted by molar-refractivity contribution is 5.99. The van der Waals surface area contributed by atoms with Crippen LogP contribution in [0.4, 0.5) is 10.5 Å². The predicted octanol–water partition coefficient (Wildman–Crippen LogP) is 5.00. The maximum atomic E-state index is 13.2. The van der Waals surface area contributed by atoms with Crippen molar-refractivity contribution in [3.63, 3.8) is 0 Å². The lowest BCUT2D eigenvalue weighted by Gasteiger charge is -2.50. The number of nitrogens with zero attached hydrogens (tertiary/aromatic N) is 1. The Morgan fingerprint density at radius 3 is 2.64 bits per heavy atom. The fourth-order valence-electron chi connectivity index (χ4n) is 4.66. The summed E-state index contributed by atoms with van der Waals surface area (Å²) in [5.41, 5.74) is 4.59. The van der Waals surface area contributed by atoms with Gasteiger partial charge in [-0.15, -0.1) is 0 Å². The summed E-state index contributed by atoms with van der Waals surface area (Å²) in [5, 5.41) is 6.07. The number of hydrogen-bond acceptors (Lipinski definition) is 3. The van der Waals surface area contributed by atoms with Crippen molar-refractivity contribution >= 4 is 17.6 Å². The second-order valence-electron chi connectivity index (χ2n) is 9.08. The largest absolute Gasteiger partial charge is 0.467 e. The van der Waals surface area contributed by atoms with Gasteiger partial charge in [-0.25, -0.2) is 4.79 Å². The second-order valence-corrected chi connectivity index (χ2v) is 9.08. The van der Waals surface area contributed by atoms with Gasteiger partial charge in [0.25, 0.3) is 5.91 Å². The SMILES string of the molecule is Cc1ccc(CNC(=O)c2cccc(N3C(=O)NC4CC3(C)Oc3ccc(C)cc34)c2)cc1. The molecule has 0 radical (unpaired) electrons. The minimum absolute atomic E-state index is 0.108. The summed E-state index contributed by atoms with van der Waals surface area (Å²) in [6.45, 7) is 6.42. The second kappa shape index (κ2) is 7.96. The van der Waals surface area contributed by atoms with Crippen molar-refractivity contribution in [3.05, 3.63) is 94.5 Å². The molecule has 2 heterocycles. The molecule has 2 atom stereocenters. The number of nitrogens with one attached hydrogen (secondary N) is 2. The van der Waals surface area contributed by atoms with E-state index in [0.717, 1.165) is 22.4 Å². The Hall–Kier alpha value is -3.80. The topological polar surface area (TPSA) is 70.7 Å². The van der Waals surface area contributed by atoms with Gasteiger partial charge in [0.05, 0.1) is 11.7 Å². The van der Waals surface area contributed by atoms with Gasteiger partial charge in [0, 0.05) is 24.1 Å². The van der Waals surface area contributed by atoms with E-state index in [2.05, 4.69) is 16.7 Å². The van der Waals surface area contributed by atoms with Gasteiger partial charge in [-0.1, -0.05) is 53.6 Å². The van der Waals surface area contributed by atoms with E-state index in [9.17, 15) is 9.59 Å². The first-order chi connectivity index (χ1) is 15.8. The maximum Gasteiger partial charge on any atom is 0.325 e. The average molecular weight is 442 g/mol. The minimum atomic E-state index is -0.855. The molecule has 1 saturated heterocycles. The van der Waals surface area contributed by atoms with Gasteiger partial charge in [0.2, 0.25) is 0 Å². The van der Waals surface area contributed by atoms with Crippen LogP contribution in [0.5, 0.6) is 5.75 Å². The number of rotatable bonds is 4. The maximum absolute atomic E-state index is 13.2. The molecule has 2 N–H and O–H groups in total. The molecule has 2 bridgehead atoms. The Morgan fingerprint density at radius 2 is 1.85 bits per heavy atom. The van der Waals surface area contributed by atoms with Crippen LogP contribution in [-0.4, -0.2) is 17.7 Å². The molecule has 3 aromatic rings. The number of amides is 3. The molecule has 33 heavy (non-hydrogen) atoms. The molecule has 1 fully saturated rings. The van der Waals surface area contributed by atoms with E-state index < -0.39 is 5.72 Å². The summed E-state index contributed by atoms with van der Waals surface area (Å²) in [6.07, 6.45) is 0.610. The molecule has 0 saturated carbocycles. The Morgan fingerprint density at radius 1 is 1.09 bits per heavy atom. The Balaban J connectivity index is 1.39. The summed E-state index contributed by atoms with van der Waals surface area (Å²) in [6, 6.07) is 20.8. The van der Waals surface area contributed by atoms with Crippen LogP contribution in [0.15, 0.2) is 66.7 Å². The van der Waals surface area contributed by atoms with E-state index in [1.807, 2.05) is 63.2 Å². The Bertz CT molecular complexity index is 1240. The Kier molecular flexibility index (Phi) is 5.08. The number of hydrogen-bond donors (Lipinski definition) is 2. The van der Waals surface area contributed by atoms with E-state index in [-0.39, 0.29) is 18.0 Å². The van der Waals surface area contributed by atoms with E-state index in [1.54, 1.807) is 23.1 Å². The third-order valence-corrected chi connectivity index (χ3v) is 6.37. The molecule has 0 aromatic heterocycles. The van der Waals surface area contributed by atoms with Crippen molar-refractivity contribution in [2.45, 2.75) is 45.5 Å². The molecule has 2 unspecified atom stereocenters. The molecule has 0 spiro atoms. The van der Waals surface area contributed by atoms with E-state index in [4.69, 9.17) is 4.74 Å². The lowest BCUT2D eigenvalue weighted by molar-refractivity contribution is 0.0378. The number of aryl methyl sites for hydroxylation is 2. The standard InChI is InChI=1S/C27H27N3O3/c1-17-7-10-19(11-8-17)16-28-25(31)20-5-4-6-21(14-20)30-26(32)29-23-15-27(30,3)33-24-12-9-18(2)13-22(23)24/h4-14,23H,15-16H2,1-3H3,(H,28,31)(H,29,32). The molecule has 0 aliphatic carbocycles. The van der Waals surface area contributed by atoms with Gasteiger partial charge in [-0.2, -0.15) is 0 Å². The zero-order valence-electron chi connectivity index (χ0n) is 19.0. The zero-order valence-corrected chi connectivity index (χ0v) is 19.0. The zero-order chi connectivity index (χ0) is 23.2. The highest BCUT2D eigenvalue weighted by atomic mass is 16.5. The van der Waals surface area contributed by atoms with Crippen molar-refractivity contribution in [2.75, 3.05) is 4.90 Å². The first-order valence-corrected chi connectivity index (χ1v) is 11.2. The van der Waals surface area contributed by atoms with Gasteiger partial charge in [0.1, 0.15) is 5.75 Å². The highest BCUT2D eigenvalue weighted by Gasteiger charge is 2.49. The molecular weight excluding hydrogens is 414 g/mol. The fraction of sp³-hybridized carbons (Fsp3) is 0.259. The number of carbonyl (C=O) groups excluding carboxylic acids is 2. The molecule has 3 aromatic carbocycles. The van der Waals surface area contributed by atoms with Crippen LogP contribution in [0.2, 0.25) is 0 Å². The lowest BCUT2D eigenvalue weighted by atomic mass is 9.89. The van der Waals surface area contributed by atoms with Crippen LogP contribution in [-0.2, 0) is 6.54 Å². The summed E-state index contributed by atoms with van der Waals surface area (Å²) in [5.74, 6) is 0.583. The van der Waals surface area contributed by atoms with Crippen molar-refractivity contribution in [1.29, 1.82) is 0 Å². The molecule has 168 valence electrons. The number of fused-ring (bicyclic) bond motifs is 4. The van der Waals surface area contributed by atoms with Gasteiger partial charge >= 0.3 is 6.03 Å². The molecule has 6 heteroatoms. The molecular formula is C27H27N3O3. The summed E-state index contributed by atoms with van der Waals surface area (Å²) < 4.78 is 6.36. The first kappa shape index (κ1) is 21.1. The summed E-state index contributed by atoms with van der Waals surface area (Å²) in [7, 11) is 0. The van der Waals surface area contributed by atoms with Gasteiger partial charge in [0.15, 0.2) is 5.72 Å². The molecule has 5 rings (SSSR count). The summed E-state index contributed by atoms with van der Waals surface area (Å²) in [4.78, 5) is 27.6. The quantitative estimate of drug-likeness (QED) is 0.598. The van der Waals surface area contributed by atoms with Gasteiger partial charge in [-0.05, 0) is 50.6 Å². The van der Waals surface area contributed by atoms with Crippen LogP contribution < -0.4 is 20.3 Å². The van der Waals surface area contributed by atoms with Crippen LogP contribution in [0.3, 0.4) is 0 Å². The molecule has 3 amide bonds. The monoisotopic (exact) mass is 441 g/mol. The van der Waals surface area contributed by atoms with Crippen LogP contribution in [0.1, 0.15) is 52.0 Å². The molecule has 2 aliphatic heterocycles. The third kappa shape index (κ3) is 3.93. The normalized spacial score (nSPS) is 21.0. The number of urea groups is 1. The van der Waals surface area contributed by atoms with Gasteiger partial charge in [-0.3, -0.25) is 9.69 Å². The van der Waals surface area contributed by atoms with Crippen molar-refractivity contribution in [2.24, 2.45) is 0 Å². The van der Waals surface area contributed by atoms with Crippen molar-refractivity contribution < 1.29 is 14.3 Å². The average Bonchev–Trinajstić information content (AvgIpc) is 2.79. The van der Waals surface area contributed by atoms with Crippen LogP contribution >= 0.6 is 0 Å².